The largest absolute Gasteiger partial charge is 0.353 e. The third-order valence-electron chi connectivity index (χ3n) is 5.65. The van der Waals surface area contributed by atoms with Crippen molar-refractivity contribution >= 4 is 23.6 Å². The van der Waals surface area contributed by atoms with E-state index in [0.29, 0.717) is 0 Å². The minimum Gasteiger partial charge on any atom is -0.353 e. The molecule has 3 atom stereocenters. The van der Waals surface area contributed by atoms with E-state index in [0.717, 1.165) is 47.9 Å². The van der Waals surface area contributed by atoms with Crippen molar-refractivity contribution in [1.29, 1.82) is 0 Å². The summed E-state index contributed by atoms with van der Waals surface area (Å²) in [5.74, 6) is 2.35. The molecular formula is C22H24ClN3O. The number of amides is 1. The summed E-state index contributed by atoms with van der Waals surface area (Å²) in [5, 5.41) is 3.79. The number of aromatic nitrogens is 1. The zero-order chi connectivity index (χ0) is 18.6. The third kappa shape index (κ3) is 4.76. The van der Waals surface area contributed by atoms with E-state index >= 15 is 0 Å². The number of fused-ring (bicyclic) bond motifs is 1. The molecule has 1 saturated heterocycles. The van der Waals surface area contributed by atoms with Crippen molar-refractivity contribution in [3.8, 4) is 0 Å². The Hall–Kier alpha value is -2.17. The average molecular weight is 382 g/mol. The van der Waals surface area contributed by atoms with Crippen LogP contribution >= 0.6 is 11.6 Å². The first-order valence-electron chi connectivity index (χ1n) is 9.52. The van der Waals surface area contributed by atoms with Gasteiger partial charge in [-0.3, -0.25) is 14.7 Å². The highest BCUT2D eigenvalue weighted by molar-refractivity contribution is 6.30. The van der Waals surface area contributed by atoms with Crippen LogP contribution in [0.5, 0.6) is 0 Å². The van der Waals surface area contributed by atoms with Crippen LogP contribution in [0, 0.1) is 17.8 Å². The number of carbonyl (C=O) groups excluding carboxylic acids is 1. The molecule has 2 heterocycles. The standard InChI is InChI=1S/C22H24ClN3O/c23-18-6-3-17(4-7-18)13-26-14-20-19(21(20)15-26)9-11-25-22(27)8-5-16-2-1-10-24-12-16/h1-8,10,12,19-21H,9,11,13-15H2,(H,25,27)/b8-5+/t19-,20-,21+. The van der Waals surface area contributed by atoms with E-state index < -0.39 is 0 Å². The molecule has 4 rings (SSSR count). The minimum absolute atomic E-state index is 0.0333. The number of pyridine rings is 1. The highest BCUT2D eigenvalue weighted by Gasteiger charge is 2.54. The molecule has 1 amide bonds. The van der Waals surface area contributed by atoms with Crippen molar-refractivity contribution < 1.29 is 4.79 Å². The number of hydrogen-bond donors (Lipinski definition) is 1. The maximum Gasteiger partial charge on any atom is 0.244 e. The van der Waals surface area contributed by atoms with Gasteiger partial charge in [0.15, 0.2) is 0 Å². The number of hydrogen-bond acceptors (Lipinski definition) is 3. The highest BCUT2D eigenvalue weighted by atomic mass is 35.5. The predicted molar refractivity (Wildman–Crippen MR) is 108 cm³/mol. The summed E-state index contributed by atoms with van der Waals surface area (Å²) in [7, 11) is 0. The van der Waals surface area contributed by atoms with Gasteiger partial charge in [-0.25, -0.2) is 0 Å². The number of benzene rings is 1. The van der Waals surface area contributed by atoms with E-state index in [1.807, 2.05) is 24.3 Å². The fourth-order valence-corrected chi connectivity index (χ4v) is 4.34. The molecule has 0 spiro atoms. The van der Waals surface area contributed by atoms with Crippen LogP contribution in [0.3, 0.4) is 0 Å². The van der Waals surface area contributed by atoms with Crippen LogP contribution in [0.1, 0.15) is 17.5 Å². The normalized spacial score (nSPS) is 24.1. The molecule has 0 radical (unpaired) electrons. The quantitative estimate of drug-likeness (QED) is 0.745. The van der Waals surface area contributed by atoms with Crippen LogP contribution in [0.4, 0.5) is 0 Å². The molecule has 140 valence electrons. The Morgan fingerprint density at radius 2 is 2.00 bits per heavy atom. The maximum absolute atomic E-state index is 11.9. The second-order valence-electron chi connectivity index (χ2n) is 7.51. The Kier molecular flexibility index (Phi) is 5.55. The van der Waals surface area contributed by atoms with Crippen LogP contribution in [-0.4, -0.2) is 35.4 Å². The first-order valence-corrected chi connectivity index (χ1v) is 9.89. The minimum atomic E-state index is -0.0333. The van der Waals surface area contributed by atoms with Gasteiger partial charge >= 0.3 is 0 Å². The summed E-state index contributed by atoms with van der Waals surface area (Å²) in [5.41, 5.74) is 2.26. The van der Waals surface area contributed by atoms with Gasteiger partial charge in [-0.15, -0.1) is 0 Å². The number of likely N-dealkylation sites (tertiary alicyclic amines) is 1. The lowest BCUT2D eigenvalue weighted by molar-refractivity contribution is -0.116. The second kappa shape index (κ2) is 8.24. The Labute approximate surface area is 165 Å². The van der Waals surface area contributed by atoms with Gasteiger partial charge in [0.05, 0.1) is 0 Å². The molecule has 5 heteroatoms. The summed E-state index contributed by atoms with van der Waals surface area (Å²) < 4.78 is 0. The monoisotopic (exact) mass is 381 g/mol. The Morgan fingerprint density at radius 3 is 2.70 bits per heavy atom. The lowest BCUT2D eigenvalue weighted by Crippen LogP contribution is -2.26. The van der Waals surface area contributed by atoms with Crippen molar-refractivity contribution in [1.82, 2.24) is 15.2 Å². The van der Waals surface area contributed by atoms with E-state index in [2.05, 4.69) is 27.3 Å². The molecule has 1 saturated carbocycles. The van der Waals surface area contributed by atoms with Crippen molar-refractivity contribution in [2.75, 3.05) is 19.6 Å². The third-order valence-corrected chi connectivity index (χ3v) is 5.91. The maximum atomic E-state index is 11.9. The van der Waals surface area contributed by atoms with Gasteiger partial charge in [-0.1, -0.05) is 29.8 Å². The van der Waals surface area contributed by atoms with Crippen LogP contribution in [-0.2, 0) is 11.3 Å². The molecule has 27 heavy (non-hydrogen) atoms. The van der Waals surface area contributed by atoms with E-state index in [-0.39, 0.29) is 5.91 Å². The summed E-state index contributed by atoms with van der Waals surface area (Å²) in [6.07, 6.45) is 7.92. The molecule has 1 aliphatic heterocycles. The summed E-state index contributed by atoms with van der Waals surface area (Å²) in [4.78, 5) is 18.5. The molecule has 1 aliphatic carbocycles. The highest BCUT2D eigenvalue weighted by Crippen LogP contribution is 2.53. The predicted octanol–water partition coefficient (Wildman–Crippen LogP) is 3.63. The summed E-state index contributed by atoms with van der Waals surface area (Å²) in [6.45, 7) is 4.11. The lowest BCUT2D eigenvalue weighted by atomic mass is 10.1. The van der Waals surface area contributed by atoms with Gasteiger partial charge in [0.2, 0.25) is 5.91 Å². The molecule has 1 aromatic heterocycles. The van der Waals surface area contributed by atoms with E-state index in [1.54, 1.807) is 24.5 Å². The SMILES string of the molecule is O=C(/C=C/c1cccnc1)NCC[C@@H]1[C@H]2CN(Cc3ccc(Cl)cc3)C[C@@H]12. The van der Waals surface area contributed by atoms with E-state index in [1.165, 1.54) is 18.7 Å². The zero-order valence-electron chi connectivity index (χ0n) is 15.2. The molecule has 1 aromatic carbocycles. The van der Waals surface area contributed by atoms with Gasteiger partial charge < -0.3 is 5.32 Å². The smallest absolute Gasteiger partial charge is 0.244 e. The molecule has 0 bridgehead atoms. The molecule has 4 nitrogen and oxygen atoms in total. The fourth-order valence-electron chi connectivity index (χ4n) is 4.21. The van der Waals surface area contributed by atoms with E-state index in [9.17, 15) is 4.79 Å². The number of halogens is 1. The topological polar surface area (TPSA) is 45.2 Å². The van der Waals surface area contributed by atoms with Gasteiger partial charge in [0, 0.05) is 49.7 Å². The average Bonchev–Trinajstić information content (AvgIpc) is 3.13. The van der Waals surface area contributed by atoms with E-state index in [4.69, 9.17) is 11.6 Å². The number of nitrogens with zero attached hydrogens (tertiary/aromatic N) is 2. The molecule has 0 unspecified atom stereocenters. The molecule has 2 fully saturated rings. The number of piperidine rings is 1. The number of nitrogens with one attached hydrogen (secondary N) is 1. The first-order chi connectivity index (χ1) is 13.2. The molecule has 2 aliphatic rings. The lowest BCUT2D eigenvalue weighted by Gasteiger charge is -2.19. The Bertz CT molecular complexity index is 794. The van der Waals surface area contributed by atoms with Gasteiger partial charge in [0.25, 0.3) is 0 Å². The molecule has 2 aromatic rings. The Morgan fingerprint density at radius 1 is 1.22 bits per heavy atom. The van der Waals surface area contributed by atoms with Crippen molar-refractivity contribution in [2.24, 2.45) is 17.8 Å². The van der Waals surface area contributed by atoms with Crippen LogP contribution in [0.25, 0.3) is 6.08 Å². The van der Waals surface area contributed by atoms with Crippen molar-refractivity contribution in [3.05, 3.63) is 71.0 Å². The summed E-state index contributed by atoms with van der Waals surface area (Å²) in [6, 6.07) is 11.9. The van der Waals surface area contributed by atoms with Crippen molar-refractivity contribution in [3.63, 3.8) is 0 Å². The van der Waals surface area contributed by atoms with Gasteiger partial charge in [-0.05, 0) is 59.6 Å². The van der Waals surface area contributed by atoms with Gasteiger partial charge in [0.1, 0.15) is 0 Å². The molecular weight excluding hydrogens is 358 g/mol. The van der Waals surface area contributed by atoms with Crippen molar-refractivity contribution in [2.45, 2.75) is 13.0 Å². The van der Waals surface area contributed by atoms with Gasteiger partial charge in [-0.2, -0.15) is 0 Å². The number of rotatable bonds is 7. The van der Waals surface area contributed by atoms with Crippen LogP contribution in [0.2, 0.25) is 5.02 Å². The van der Waals surface area contributed by atoms with Crippen LogP contribution < -0.4 is 5.32 Å². The van der Waals surface area contributed by atoms with Crippen LogP contribution in [0.15, 0.2) is 54.9 Å². The first kappa shape index (κ1) is 18.2. The fraction of sp³-hybridized carbons (Fsp3) is 0.364. The molecule has 1 N–H and O–H groups in total. The zero-order valence-corrected chi connectivity index (χ0v) is 16.0. The second-order valence-corrected chi connectivity index (χ2v) is 7.95. The summed E-state index contributed by atoms with van der Waals surface area (Å²) >= 11 is 5.95. The Balaban J connectivity index is 1.14. The number of carbonyl (C=O) groups is 1.